The molecule has 2 rings (SSSR count). The molecule has 0 bridgehead atoms. The van der Waals surface area contributed by atoms with Gasteiger partial charge in [-0.2, -0.15) is 0 Å². The van der Waals surface area contributed by atoms with Gasteiger partial charge in [-0.15, -0.1) is 0 Å². The Morgan fingerprint density at radius 1 is 1.12 bits per heavy atom. The first-order valence-corrected chi connectivity index (χ1v) is 8.24. The molecule has 2 aromatic rings. The highest BCUT2D eigenvalue weighted by molar-refractivity contribution is 5.94. The molecular weight excluding hydrogens is 336 g/mol. The zero-order valence-corrected chi connectivity index (χ0v) is 14.4. The third-order valence-electron chi connectivity index (χ3n) is 3.79. The van der Waals surface area contributed by atoms with E-state index in [9.17, 15) is 19.7 Å². The fourth-order valence-corrected chi connectivity index (χ4v) is 2.45. The van der Waals surface area contributed by atoms with E-state index in [1.54, 1.807) is 6.92 Å². The van der Waals surface area contributed by atoms with Gasteiger partial charge in [0.2, 0.25) is 0 Å². The lowest BCUT2D eigenvalue weighted by atomic mass is 9.99. The number of benzene rings is 2. The van der Waals surface area contributed by atoms with Crippen molar-refractivity contribution in [1.82, 2.24) is 5.32 Å². The number of non-ortho nitro benzene ring substituents is 1. The van der Waals surface area contributed by atoms with E-state index >= 15 is 0 Å². The van der Waals surface area contributed by atoms with Crippen molar-refractivity contribution >= 4 is 17.6 Å². The first-order valence-electron chi connectivity index (χ1n) is 8.24. The summed E-state index contributed by atoms with van der Waals surface area (Å²) >= 11 is 0. The molecule has 0 aliphatic heterocycles. The Morgan fingerprint density at radius 3 is 2.35 bits per heavy atom. The minimum atomic E-state index is -0.529. The van der Waals surface area contributed by atoms with Gasteiger partial charge in [0, 0.05) is 24.2 Å². The zero-order valence-electron chi connectivity index (χ0n) is 14.4. The summed E-state index contributed by atoms with van der Waals surface area (Å²) in [5, 5.41) is 13.4. The number of nitro groups is 1. The Kier molecular flexibility index (Phi) is 6.84. The fourth-order valence-electron chi connectivity index (χ4n) is 2.45. The summed E-state index contributed by atoms with van der Waals surface area (Å²) < 4.78 is 5.09. The van der Waals surface area contributed by atoms with Gasteiger partial charge in [-0.05, 0) is 31.0 Å². The minimum Gasteiger partial charge on any atom is -0.466 e. The minimum absolute atomic E-state index is 0.0879. The normalized spacial score (nSPS) is 11.4. The summed E-state index contributed by atoms with van der Waals surface area (Å²) in [5.41, 5.74) is 1.17. The van der Waals surface area contributed by atoms with Crippen LogP contribution in [0.5, 0.6) is 0 Å². The van der Waals surface area contributed by atoms with Crippen molar-refractivity contribution < 1.29 is 19.2 Å². The number of hydrogen-bond donors (Lipinski definition) is 1. The van der Waals surface area contributed by atoms with E-state index in [0.29, 0.717) is 6.42 Å². The van der Waals surface area contributed by atoms with Crippen LogP contribution in [0.2, 0.25) is 0 Å². The van der Waals surface area contributed by atoms with Gasteiger partial charge < -0.3 is 10.1 Å². The maximum Gasteiger partial charge on any atom is 0.311 e. The van der Waals surface area contributed by atoms with E-state index in [0.717, 1.165) is 5.56 Å². The van der Waals surface area contributed by atoms with Crippen LogP contribution in [0.4, 0.5) is 5.69 Å². The molecule has 0 fully saturated rings. The molecule has 0 heterocycles. The van der Waals surface area contributed by atoms with E-state index in [4.69, 9.17) is 4.74 Å². The third kappa shape index (κ3) is 5.41. The number of amides is 1. The zero-order chi connectivity index (χ0) is 18.9. The molecule has 0 saturated heterocycles. The molecule has 2 aromatic carbocycles. The first kappa shape index (κ1) is 19.1. The van der Waals surface area contributed by atoms with Crippen molar-refractivity contribution in [3.05, 3.63) is 75.8 Å². The van der Waals surface area contributed by atoms with Crippen molar-refractivity contribution in [3.63, 3.8) is 0 Å². The third-order valence-corrected chi connectivity index (χ3v) is 3.79. The van der Waals surface area contributed by atoms with Crippen LogP contribution in [0.1, 0.15) is 22.8 Å². The number of nitrogens with zero attached hydrogens (tertiary/aromatic N) is 1. The van der Waals surface area contributed by atoms with Gasteiger partial charge in [0.25, 0.3) is 11.6 Å². The summed E-state index contributed by atoms with van der Waals surface area (Å²) in [6, 6.07) is 14.8. The molecule has 0 radical (unpaired) electrons. The smallest absolute Gasteiger partial charge is 0.311 e. The molecule has 1 unspecified atom stereocenters. The Balaban J connectivity index is 2.01. The van der Waals surface area contributed by atoms with Crippen LogP contribution in [0.15, 0.2) is 54.6 Å². The van der Waals surface area contributed by atoms with Crippen molar-refractivity contribution in [3.8, 4) is 0 Å². The lowest BCUT2D eigenvalue weighted by Gasteiger charge is -2.16. The van der Waals surface area contributed by atoms with Gasteiger partial charge in [-0.1, -0.05) is 30.3 Å². The van der Waals surface area contributed by atoms with Crippen molar-refractivity contribution in [1.29, 1.82) is 0 Å². The van der Waals surface area contributed by atoms with Gasteiger partial charge >= 0.3 is 5.97 Å². The van der Waals surface area contributed by atoms with Gasteiger partial charge in [0.15, 0.2) is 0 Å². The van der Waals surface area contributed by atoms with Crippen molar-refractivity contribution in [2.45, 2.75) is 13.3 Å². The largest absolute Gasteiger partial charge is 0.466 e. The Labute approximate surface area is 151 Å². The van der Waals surface area contributed by atoms with E-state index in [-0.39, 0.29) is 30.4 Å². The molecule has 1 N–H and O–H groups in total. The second-order valence-electron chi connectivity index (χ2n) is 5.65. The molecule has 0 aliphatic rings. The number of hydrogen-bond acceptors (Lipinski definition) is 5. The second kappa shape index (κ2) is 9.31. The van der Waals surface area contributed by atoms with Crippen LogP contribution in [0.25, 0.3) is 0 Å². The molecule has 1 amide bonds. The van der Waals surface area contributed by atoms with Crippen LogP contribution >= 0.6 is 0 Å². The predicted octanol–water partition coefficient (Wildman–Crippen LogP) is 2.75. The highest BCUT2D eigenvalue weighted by atomic mass is 16.6. The molecule has 0 spiro atoms. The topological polar surface area (TPSA) is 98.5 Å². The van der Waals surface area contributed by atoms with Gasteiger partial charge in [0.05, 0.1) is 17.4 Å². The van der Waals surface area contributed by atoms with Gasteiger partial charge in [0.1, 0.15) is 0 Å². The number of nitrogens with one attached hydrogen (secondary N) is 1. The first-order chi connectivity index (χ1) is 12.5. The summed E-state index contributed by atoms with van der Waals surface area (Å²) in [7, 11) is 0. The van der Waals surface area contributed by atoms with E-state index in [1.165, 1.54) is 24.3 Å². The van der Waals surface area contributed by atoms with E-state index in [1.807, 2.05) is 30.3 Å². The lowest BCUT2D eigenvalue weighted by molar-refractivity contribution is -0.384. The number of carbonyl (C=O) groups excluding carboxylic acids is 2. The highest BCUT2D eigenvalue weighted by Crippen LogP contribution is 2.13. The fraction of sp³-hybridized carbons (Fsp3) is 0.263. The van der Waals surface area contributed by atoms with Crippen LogP contribution in [0.3, 0.4) is 0 Å². The van der Waals surface area contributed by atoms with Crippen LogP contribution in [-0.2, 0) is 16.0 Å². The Hall–Kier alpha value is -3.22. The van der Waals surface area contributed by atoms with Crippen LogP contribution < -0.4 is 5.32 Å². The number of carbonyl (C=O) groups is 2. The summed E-state index contributed by atoms with van der Waals surface area (Å²) in [6.07, 6.45) is 0.445. The SMILES string of the molecule is CCOC(=O)C(CNC(=O)c1ccc([N+](=O)[O-])cc1)Cc1ccccc1. The predicted molar refractivity (Wildman–Crippen MR) is 95.7 cm³/mol. The summed E-state index contributed by atoms with van der Waals surface area (Å²) in [6.45, 7) is 2.11. The summed E-state index contributed by atoms with van der Waals surface area (Å²) in [5.74, 6) is -1.29. The van der Waals surface area contributed by atoms with E-state index in [2.05, 4.69) is 5.32 Å². The number of ether oxygens (including phenoxy) is 1. The Morgan fingerprint density at radius 2 is 1.77 bits per heavy atom. The molecule has 0 aliphatic carbocycles. The standard InChI is InChI=1S/C19H20N2O5/c1-2-26-19(23)16(12-14-6-4-3-5-7-14)13-20-18(22)15-8-10-17(11-9-15)21(24)25/h3-11,16H,2,12-13H2,1H3,(H,20,22). The van der Waals surface area contributed by atoms with Crippen molar-refractivity contribution in [2.75, 3.05) is 13.2 Å². The molecule has 7 nitrogen and oxygen atoms in total. The average molecular weight is 356 g/mol. The molecule has 1 atom stereocenters. The molecule has 0 saturated carbocycles. The summed E-state index contributed by atoms with van der Waals surface area (Å²) in [4.78, 5) is 34.5. The highest BCUT2D eigenvalue weighted by Gasteiger charge is 2.21. The lowest BCUT2D eigenvalue weighted by Crippen LogP contribution is -2.35. The molecule has 0 aromatic heterocycles. The molecule has 136 valence electrons. The number of rotatable bonds is 8. The molecular formula is C19H20N2O5. The van der Waals surface area contributed by atoms with Crippen LogP contribution in [0, 0.1) is 16.0 Å². The average Bonchev–Trinajstić information content (AvgIpc) is 2.65. The quantitative estimate of drug-likeness (QED) is 0.445. The molecule has 7 heteroatoms. The maximum absolute atomic E-state index is 12.2. The molecule has 26 heavy (non-hydrogen) atoms. The van der Waals surface area contributed by atoms with Gasteiger partial charge in [-0.25, -0.2) is 0 Å². The number of esters is 1. The monoisotopic (exact) mass is 356 g/mol. The van der Waals surface area contributed by atoms with Crippen molar-refractivity contribution in [2.24, 2.45) is 5.92 Å². The number of nitro benzene ring substituents is 1. The maximum atomic E-state index is 12.2. The second-order valence-corrected chi connectivity index (χ2v) is 5.65. The van der Waals surface area contributed by atoms with E-state index < -0.39 is 16.7 Å². The van der Waals surface area contributed by atoms with Gasteiger partial charge in [-0.3, -0.25) is 19.7 Å². The van der Waals surface area contributed by atoms with Crippen LogP contribution in [-0.4, -0.2) is 30.0 Å². The Bertz CT molecular complexity index is 759.